The topological polar surface area (TPSA) is 83.7 Å². The van der Waals surface area contributed by atoms with Crippen LogP contribution < -0.4 is 19.9 Å². The van der Waals surface area contributed by atoms with E-state index < -0.39 is 5.91 Å². The average Bonchev–Trinajstić information content (AvgIpc) is 2.88. The molecule has 5 rings (SSSR count). The Balaban J connectivity index is 1.58. The number of aromatic nitrogens is 1. The van der Waals surface area contributed by atoms with Gasteiger partial charge in [-0.2, -0.15) is 0 Å². The molecule has 8 heteroatoms. The van der Waals surface area contributed by atoms with Crippen molar-refractivity contribution in [1.82, 2.24) is 4.98 Å². The highest BCUT2D eigenvalue weighted by Gasteiger charge is 2.15. The molecule has 180 valence electrons. The van der Waals surface area contributed by atoms with Gasteiger partial charge in [0.1, 0.15) is 11.5 Å². The van der Waals surface area contributed by atoms with E-state index in [1.807, 2.05) is 30.3 Å². The maximum atomic E-state index is 12.3. The summed E-state index contributed by atoms with van der Waals surface area (Å²) in [7, 11) is 3.15. The predicted octanol–water partition coefficient (Wildman–Crippen LogP) is 7.27. The van der Waals surface area contributed by atoms with Crippen LogP contribution in [-0.4, -0.2) is 25.1 Å². The van der Waals surface area contributed by atoms with Crippen molar-refractivity contribution in [3.8, 4) is 34.1 Å². The van der Waals surface area contributed by atoms with Crippen LogP contribution in [0.3, 0.4) is 0 Å². The van der Waals surface area contributed by atoms with Gasteiger partial charge in [0.15, 0.2) is 11.5 Å². The van der Waals surface area contributed by atoms with Crippen molar-refractivity contribution in [1.29, 1.82) is 0 Å². The highest BCUT2D eigenvalue weighted by atomic mass is 35.5. The van der Waals surface area contributed by atoms with Crippen molar-refractivity contribution in [2.45, 2.75) is 0 Å². The zero-order chi connectivity index (χ0) is 25.4. The monoisotopic (exact) mass is 518 g/mol. The second-order valence-corrected chi connectivity index (χ2v) is 8.85. The summed E-state index contributed by atoms with van der Waals surface area (Å²) >= 11 is 12.3. The summed E-state index contributed by atoms with van der Waals surface area (Å²) < 4.78 is 17.0. The molecule has 0 fully saturated rings. The summed E-state index contributed by atoms with van der Waals surface area (Å²) in [6.45, 7) is 0. The van der Waals surface area contributed by atoms with Gasteiger partial charge in [0.2, 0.25) is 5.91 Å². The number of hydrogen-bond acceptors (Lipinski definition) is 5. The molecule has 0 aliphatic rings. The van der Waals surface area contributed by atoms with Crippen molar-refractivity contribution in [2.75, 3.05) is 14.2 Å². The molecule has 0 spiro atoms. The fraction of sp³-hybridized carbons (Fsp3) is 0.0714. The van der Waals surface area contributed by atoms with Gasteiger partial charge in [-0.3, -0.25) is 9.78 Å². The van der Waals surface area contributed by atoms with E-state index >= 15 is 0 Å². The molecule has 5 aromatic rings. The molecule has 1 heterocycles. The predicted molar refractivity (Wildman–Crippen MR) is 143 cm³/mol. The first kappa shape index (κ1) is 23.7. The van der Waals surface area contributed by atoms with Crippen LogP contribution >= 0.6 is 23.2 Å². The van der Waals surface area contributed by atoms with E-state index in [9.17, 15) is 4.79 Å². The van der Waals surface area contributed by atoms with Crippen LogP contribution in [0.1, 0.15) is 10.4 Å². The van der Waals surface area contributed by atoms with Gasteiger partial charge in [-0.1, -0.05) is 35.3 Å². The first-order chi connectivity index (χ1) is 17.4. The third kappa shape index (κ3) is 4.37. The summed E-state index contributed by atoms with van der Waals surface area (Å²) in [6, 6.07) is 19.9. The van der Waals surface area contributed by atoms with Crippen LogP contribution in [0.15, 0.2) is 72.9 Å². The highest BCUT2D eigenvalue weighted by molar-refractivity contribution is 6.42. The quantitative estimate of drug-likeness (QED) is 0.255. The zero-order valence-corrected chi connectivity index (χ0v) is 20.9. The molecule has 0 aliphatic carbocycles. The van der Waals surface area contributed by atoms with Gasteiger partial charge in [-0.25, -0.2) is 0 Å². The number of nitrogens with two attached hydrogens (primary N) is 1. The minimum atomic E-state index is -0.550. The minimum absolute atomic E-state index is 0.365. The molecule has 0 unspecified atom stereocenters. The van der Waals surface area contributed by atoms with Crippen molar-refractivity contribution in [3.63, 3.8) is 0 Å². The van der Waals surface area contributed by atoms with E-state index in [1.54, 1.807) is 56.8 Å². The first-order valence-corrected chi connectivity index (χ1v) is 11.6. The fourth-order valence-electron chi connectivity index (χ4n) is 4.11. The number of hydrogen-bond donors (Lipinski definition) is 1. The standard InChI is InChI=1S/C28H20Cl2N2O4/c1-34-26-13-21-24(14-27(26)35-2)32-8-7-25(21)36-18-5-3-15-10-19(16-4-6-22(29)23(30)12-16)20(28(31)33)11-17(15)9-18/h3-14H,1-2H3,(H2,31,33). The lowest BCUT2D eigenvalue weighted by atomic mass is 9.95. The van der Waals surface area contributed by atoms with E-state index in [2.05, 4.69) is 4.98 Å². The molecular weight excluding hydrogens is 499 g/mol. The number of methoxy groups -OCH3 is 2. The molecule has 4 aromatic carbocycles. The summed E-state index contributed by atoms with van der Waals surface area (Å²) in [5, 5.41) is 3.29. The summed E-state index contributed by atoms with van der Waals surface area (Å²) in [5.41, 5.74) is 8.21. The Morgan fingerprint density at radius 1 is 0.806 bits per heavy atom. The molecule has 0 bridgehead atoms. The molecule has 1 aromatic heterocycles. The van der Waals surface area contributed by atoms with Gasteiger partial charge in [0.05, 0.1) is 29.8 Å². The Morgan fingerprint density at radius 2 is 1.58 bits per heavy atom. The largest absolute Gasteiger partial charge is 0.493 e. The second kappa shape index (κ2) is 9.57. The lowest BCUT2D eigenvalue weighted by Crippen LogP contribution is -2.12. The highest BCUT2D eigenvalue weighted by Crippen LogP contribution is 2.38. The number of nitrogens with zero attached hydrogens (tertiary/aromatic N) is 1. The summed E-state index contributed by atoms with van der Waals surface area (Å²) in [6.07, 6.45) is 1.67. The van der Waals surface area contributed by atoms with Crippen molar-refractivity contribution < 1.29 is 19.0 Å². The minimum Gasteiger partial charge on any atom is -0.493 e. The first-order valence-electron chi connectivity index (χ1n) is 10.9. The Bertz CT molecular complexity index is 1650. The van der Waals surface area contributed by atoms with Gasteiger partial charge in [-0.05, 0) is 70.4 Å². The van der Waals surface area contributed by atoms with Gasteiger partial charge >= 0.3 is 0 Å². The maximum Gasteiger partial charge on any atom is 0.249 e. The van der Waals surface area contributed by atoms with Crippen molar-refractivity contribution in [3.05, 3.63) is 88.5 Å². The zero-order valence-electron chi connectivity index (χ0n) is 19.3. The average molecular weight is 519 g/mol. The number of carbonyl (C=O) groups is 1. The molecule has 0 aliphatic heterocycles. The SMILES string of the molecule is COc1cc2nccc(Oc3ccc4cc(-c5ccc(Cl)c(Cl)c5)c(C(N)=O)cc4c3)c2cc1OC. The molecule has 0 radical (unpaired) electrons. The third-order valence-corrected chi connectivity index (χ3v) is 6.62. The second-order valence-electron chi connectivity index (χ2n) is 8.04. The lowest BCUT2D eigenvalue weighted by Gasteiger charge is -2.14. The van der Waals surface area contributed by atoms with Gasteiger partial charge in [0, 0.05) is 23.2 Å². The van der Waals surface area contributed by atoms with E-state index in [0.29, 0.717) is 49.7 Å². The smallest absolute Gasteiger partial charge is 0.249 e. The molecule has 6 nitrogen and oxygen atoms in total. The molecule has 2 N–H and O–H groups in total. The number of benzene rings is 4. The molecule has 0 atom stereocenters. The fourth-order valence-corrected chi connectivity index (χ4v) is 4.41. The number of amides is 1. The Labute approximate surface area is 217 Å². The van der Waals surface area contributed by atoms with E-state index in [-0.39, 0.29) is 0 Å². The van der Waals surface area contributed by atoms with Crippen LogP contribution in [0.2, 0.25) is 10.0 Å². The Kier molecular flexibility index (Phi) is 6.31. The number of rotatable bonds is 6. The number of pyridine rings is 1. The normalized spacial score (nSPS) is 11.0. The summed E-state index contributed by atoms with van der Waals surface area (Å²) in [4.78, 5) is 16.7. The van der Waals surface area contributed by atoms with Gasteiger partial charge in [-0.15, -0.1) is 0 Å². The Hall–Kier alpha value is -4.00. The van der Waals surface area contributed by atoms with Gasteiger partial charge < -0.3 is 19.9 Å². The lowest BCUT2D eigenvalue weighted by molar-refractivity contribution is 0.100. The number of carbonyl (C=O) groups excluding carboxylic acids is 1. The van der Waals surface area contributed by atoms with Crippen LogP contribution in [-0.2, 0) is 0 Å². The molecule has 0 saturated carbocycles. The van der Waals surface area contributed by atoms with E-state index in [0.717, 1.165) is 21.7 Å². The van der Waals surface area contributed by atoms with Crippen LogP contribution in [0.4, 0.5) is 0 Å². The number of primary amides is 1. The van der Waals surface area contributed by atoms with Gasteiger partial charge in [0.25, 0.3) is 0 Å². The molecule has 0 saturated heterocycles. The number of halogens is 2. The van der Waals surface area contributed by atoms with Crippen LogP contribution in [0.25, 0.3) is 32.8 Å². The molecular formula is C28H20Cl2N2O4. The third-order valence-electron chi connectivity index (χ3n) is 5.88. The Morgan fingerprint density at radius 3 is 2.31 bits per heavy atom. The van der Waals surface area contributed by atoms with Crippen LogP contribution in [0, 0.1) is 0 Å². The molecule has 1 amide bonds. The number of fused-ring (bicyclic) bond motifs is 2. The van der Waals surface area contributed by atoms with E-state index in [1.165, 1.54) is 0 Å². The molecule has 36 heavy (non-hydrogen) atoms. The summed E-state index contributed by atoms with van der Waals surface area (Å²) in [5.74, 6) is 1.79. The maximum absolute atomic E-state index is 12.3. The van der Waals surface area contributed by atoms with Crippen molar-refractivity contribution in [2.24, 2.45) is 5.73 Å². The van der Waals surface area contributed by atoms with Crippen molar-refractivity contribution >= 4 is 50.8 Å². The van der Waals surface area contributed by atoms with E-state index in [4.69, 9.17) is 43.1 Å². The van der Waals surface area contributed by atoms with Crippen LogP contribution in [0.5, 0.6) is 23.0 Å². The number of ether oxygens (including phenoxy) is 3.